The number of hydrogen-bond donors (Lipinski definition) is 3. The number of aromatic carboxylic acids is 1. The molecule has 158 valence electrons. The van der Waals surface area contributed by atoms with Crippen LogP contribution in [-0.2, 0) is 9.59 Å². The molecule has 3 aromatic rings. The molecule has 2 amide bonds. The van der Waals surface area contributed by atoms with E-state index in [1.807, 2.05) is 0 Å². The van der Waals surface area contributed by atoms with Crippen molar-refractivity contribution in [3.8, 4) is 16.9 Å². The number of thiophene rings is 1. The number of halogens is 1. The lowest BCUT2D eigenvalue weighted by Crippen LogP contribution is -2.22. The zero-order chi connectivity index (χ0) is 22.1. The second kappa shape index (κ2) is 8.19. The van der Waals surface area contributed by atoms with Crippen molar-refractivity contribution < 1.29 is 28.6 Å². The van der Waals surface area contributed by atoms with E-state index in [0.29, 0.717) is 27.4 Å². The number of anilines is 1. The van der Waals surface area contributed by atoms with Crippen LogP contribution in [0.3, 0.4) is 0 Å². The minimum absolute atomic E-state index is 0.0743. The van der Waals surface area contributed by atoms with Gasteiger partial charge in [-0.3, -0.25) is 9.59 Å². The largest absolute Gasteiger partial charge is 0.484 e. The number of amides is 2. The van der Waals surface area contributed by atoms with Gasteiger partial charge in [-0.25, -0.2) is 9.18 Å². The van der Waals surface area contributed by atoms with Crippen molar-refractivity contribution in [1.29, 1.82) is 0 Å². The number of primary amides is 1. The van der Waals surface area contributed by atoms with E-state index in [2.05, 4.69) is 5.32 Å². The number of carboxylic acids is 1. The average Bonchev–Trinajstić information content (AvgIpc) is 3.12. The Labute approximate surface area is 180 Å². The van der Waals surface area contributed by atoms with E-state index in [9.17, 15) is 23.9 Å². The highest BCUT2D eigenvalue weighted by atomic mass is 32.1. The molecule has 0 unspecified atom stereocenters. The highest BCUT2D eigenvalue weighted by Gasteiger charge is 2.34. The molecule has 0 saturated heterocycles. The summed E-state index contributed by atoms with van der Waals surface area (Å²) in [6.07, 6.45) is 0.150. The third-order valence-electron chi connectivity index (χ3n) is 4.90. The summed E-state index contributed by atoms with van der Waals surface area (Å²) in [5.74, 6) is -2.30. The Bertz CT molecular complexity index is 1170. The van der Waals surface area contributed by atoms with Gasteiger partial charge in [-0.1, -0.05) is 24.3 Å². The molecule has 1 aliphatic rings. The SMILES string of the molecule is NC(=O)COc1ccc([C@@H]2CC(=O)Nc3c2sc(C(=O)O)c3-c2ccc(F)cc2)cc1. The predicted molar refractivity (Wildman–Crippen MR) is 113 cm³/mol. The Balaban J connectivity index is 1.77. The van der Waals surface area contributed by atoms with Crippen LogP contribution < -0.4 is 15.8 Å². The van der Waals surface area contributed by atoms with E-state index in [1.165, 1.54) is 24.3 Å². The Morgan fingerprint density at radius 3 is 2.45 bits per heavy atom. The summed E-state index contributed by atoms with van der Waals surface area (Å²) < 4.78 is 18.6. The van der Waals surface area contributed by atoms with Gasteiger partial charge < -0.3 is 20.9 Å². The molecule has 1 aromatic heterocycles. The summed E-state index contributed by atoms with van der Waals surface area (Å²) in [5.41, 5.74) is 7.18. The molecular weight excluding hydrogens is 423 g/mol. The highest BCUT2D eigenvalue weighted by molar-refractivity contribution is 7.15. The van der Waals surface area contributed by atoms with Gasteiger partial charge in [-0.2, -0.15) is 0 Å². The number of hydrogen-bond acceptors (Lipinski definition) is 5. The van der Waals surface area contributed by atoms with Crippen molar-refractivity contribution in [2.75, 3.05) is 11.9 Å². The van der Waals surface area contributed by atoms with Gasteiger partial charge in [-0.05, 0) is 35.4 Å². The summed E-state index contributed by atoms with van der Waals surface area (Å²) >= 11 is 1.09. The van der Waals surface area contributed by atoms with E-state index < -0.39 is 17.7 Å². The number of carboxylic acid groups (broad SMARTS) is 1. The first-order valence-corrected chi connectivity index (χ1v) is 10.1. The van der Waals surface area contributed by atoms with E-state index in [1.54, 1.807) is 24.3 Å². The maximum absolute atomic E-state index is 13.4. The fourth-order valence-electron chi connectivity index (χ4n) is 3.55. The van der Waals surface area contributed by atoms with Crippen molar-refractivity contribution in [2.45, 2.75) is 12.3 Å². The molecule has 4 N–H and O–H groups in total. The smallest absolute Gasteiger partial charge is 0.346 e. The molecule has 0 saturated carbocycles. The van der Waals surface area contributed by atoms with Crippen molar-refractivity contribution >= 4 is 34.8 Å². The number of benzene rings is 2. The lowest BCUT2D eigenvalue weighted by Gasteiger charge is -2.24. The number of ether oxygens (including phenoxy) is 1. The summed E-state index contributed by atoms with van der Waals surface area (Å²) in [7, 11) is 0. The van der Waals surface area contributed by atoms with Gasteiger partial charge in [0.05, 0.1) is 5.69 Å². The molecule has 31 heavy (non-hydrogen) atoms. The van der Waals surface area contributed by atoms with Gasteiger partial charge in [-0.15, -0.1) is 11.3 Å². The monoisotopic (exact) mass is 440 g/mol. The van der Waals surface area contributed by atoms with Gasteiger partial charge >= 0.3 is 5.97 Å². The number of carbonyl (C=O) groups excluding carboxylic acids is 2. The van der Waals surface area contributed by atoms with Crippen molar-refractivity contribution in [2.24, 2.45) is 5.73 Å². The lowest BCUT2D eigenvalue weighted by molar-refractivity contribution is -0.120. The van der Waals surface area contributed by atoms with Gasteiger partial charge in [0.1, 0.15) is 16.4 Å². The van der Waals surface area contributed by atoms with Gasteiger partial charge in [0, 0.05) is 22.8 Å². The van der Waals surface area contributed by atoms with Crippen molar-refractivity contribution in [1.82, 2.24) is 0 Å². The molecule has 0 fully saturated rings. The van der Waals surface area contributed by atoms with Crippen LogP contribution in [0.15, 0.2) is 48.5 Å². The second-order valence-electron chi connectivity index (χ2n) is 6.99. The first-order valence-electron chi connectivity index (χ1n) is 9.30. The molecule has 0 bridgehead atoms. The van der Waals surface area contributed by atoms with Gasteiger partial charge in [0.25, 0.3) is 5.91 Å². The molecule has 2 aromatic carbocycles. The van der Waals surface area contributed by atoms with Crippen LogP contribution in [0.2, 0.25) is 0 Å². The summed E-state index contributed by atoms with van der Waals surface area (Å²) in [4.78, 5) is 36.1. The first kappa shape index (κ1) is 20.5. The van der Waals surface area contributed by atoms with E-state index >= 15 is 0 Å². The Morgan fingerprint density at radius 2 is 1.84 bits per heavy atom. The van der Waals surface area contributed by atoms with Gasteiger partial charge in [0.15, 0.2) is 6.61 Å². The van der Waals surface area contributed by atoms with E-state index in [0.717, 1.165) is 16.9 Å². The Hall–Kier alpha value is -3.72. The topological polar surface area (TPSA) is 119 Å². The van der Waals surface area contributed by atoms with Crippen LogP contribution in [0.1, 0.15) is 32.5 Å². The van der Waals surface area contributed by atoms with Crippen LogP contribution in [-0.4, -0.2) is 29.5 Å². The number of carbonyl (C=O) groups is 3. The third kappa shape index (κ3) is 4.13. The normalized spacial score (nSPS) is 15.1. The molecule has 0 spiro atoms. The van der Waals surface area contributed by atoms with Crippen molar-refractivity contribution in [3.05, 3.63) is 69.7 Å². The van der Waals surface area contributed by atoms with E-state index in [-0.39, 0.29) is 29.7 Å². The second-order valence-corrected chi connectivity index (χ2v) is 8.04. The number of nitrogens with two attached hydrogens (primary N) is 1. The minimum Gasteiger partial charge on any atom is -0.484 e. The summed E-state index contributed by atoms with van der Waals surface area (Å²) in [6.45, 7) is -0.247. The standard InChI is InChI=1S/C22H17FN2O5S/c23-13-5-1-12(2-6-13)18-19-20(31-21(18)22(28)29)15(9-17(27)25-19)11-3-7-14(8-4-11)30-10-16(24)26/h1-8,15H,9-10H2,(H2,24,26)(H,25,27)(H,28,29)/t15-/m0/s1. The molecule has 1 atom stereocenters. The summed E-state index contributed by atoms with van der Waals surface area (Å²) in [6, 6.07) is 12.3. The maximum Gasteiger partial charge on any atom is 0.346 e. The maximum atomic E-state index is 13.4. The van der Waals surface area contributed by atoms with Crippen LogP contribution in [0, 0.1) is 5.82 Å². The fourth-order valence-corrected chi connectivity index (χ4v) is 4.80. The zero-order valence-electron chi connectivity index (χ0n) is 16.1. The average molecular weight is 440 g/mol. The Morgan fingerprint density at radius 1 is 1.16 bits per heavy atom. The number of rotatable bonds is 6. The Kier molecular flexibility index (Phi) is 5.43. The molecule has 7 nitrogen and oxygen atoms in total. The quantitative estimate of drug-likeness (QED) is 0.541. The number of nitrogens with one attached hydrogen (secondary N) is 1. The van der Waals surface area contributed by atoms with Crippen LogP contribution in [0.25, 0.3) is 11.1 Å². The van der Waals surface area contributed by atoms with Crippen LogP contribution >= 0.6 is 11.3 Å². The van der Waals surface area contributed by atoms with Gasteiger partial charge in [0.2, 0.25) is 5.91 Å². The lowest BCUT2D eigenvalue weighted by atomic mass is 9.88. The molecule has 4 rings (SSSR count). The van der Waals surface area contributed by atoms with Crippen LogP contribution in [0.5, 0.6) is 5.75 Å². The molecule has 0 radical (unpaired) electrons. The summed E-state index contributed by atoms with van der Waals surface area (Å²) in [5, 5.41) is 12.6. The fraction of sp³-hybridized carbons (Fsp3) is 0.136. The molecule has 9 heteroatoms. The van der Waals surface area contributed by atoms with Crippen molar-refractivity contribution in [3.63, 3.8) is 0 Å². The molecule has 2 heterocycles. The number of fused-ring (bicyclic) bond motifs is 1. The minimum atomic E-state index is -1.12. The highest BCUT2D eigenvalue weighted by Crippen LogP contribution is 2.49. The predicted octanol–water partition coefficient (Wildman–Crippen LogP) is 3.59. The van der Waals surface area contributed by atoms with E-state index in [4.69, 9.17) is 10.5 Å². The third-order valence-corrected chi connectivity index (χ3v) is 6.19. The molecule has 1 aliphatic heterocycles. The molecular formula is C22H17FN2O5S. The molecule has 0 aliphatic carbocycles. The zero-order valence-corrected chi connectivity index (χ0v) is 16.9. The van der Waals surface area contributed by atoms with Crippen LogP contribution in [0.4, 0.5) is 10.1 Å². The first-order chi connectivity index (χ1) is 14.8.